The number of hydrogen-bond acceptors (Lipinski definition) is 3. The van der Waals surface area contributed by atoms with Gasteiger partial charge in [0.2, 0.25) is 0 Å². The summed E-state index contributed by atoms with van der Waals surface area (Å²) in [5.74, 6) is 0. The van der Waals surface area contributed by atoms with Gasteiger partial charge >= 0.3 is 0 Å². The standard InChI is InChI=1S/C12H11N5/c13-6-10-7-15-17-5-4-16(11(10)17)9-12(8-14)2-1-3-12/h4-5,7H,1-3,9H2. The molecule has 84 valence electrons. The van der Waals surface area contributed by atoms with Gasteiger partial charge in [-0.25, -0.2) is 4.52 Å². The van der Waals surface area contributed by atoms with Crippen LogP contribution in [0.4, 0.5) is 0 Å². The number of fused-ring (bicyclic) bond motifs is 1. The Morgan fingerprint density at radius 1 is 1.35 bits per heavy atom. The lowest BCUT2D eigenvalue weighted by Gasteiger charge is -2.35. The minimum atomic E-state index is -0.240. The Morgan fingerprint density at radius 2 is 2.18 bits per heavy atom. The van der Waals surface area contributed by atoms with Gasteiger partial charge in [-0.2, -0.15) is 15.6 Å². The molecule has 0 atom stereocenters. The molecule has 3 rings (SSSR count). The van der Waals surface area contributed by atoms with Crippen molar-refractivity contribution in [2.45, 2.75) is 25.8 Å². The minimum absolute atomic E-state index is 0.240. The van der Waals surface area contributed by atoms with E-state index in [0.29, 0.717) is 12.1 Å². The first-order valence-electron chi connectivity index (χ1n) is 5.62. The Labute approximate surface area is 98.5 Å². The molecule has 5 heteroatoms. The first-order valence-corrected chi connectivity index (χ1v) is 5.62. The van der Waals surface area contributed by atoms with Gasteiger partial charge in [-0.15, -0.1) is 0 Å². The summed E-state index contributed by atoms with van der Waals surface area (Å²) in [6, 6.07) is 4.54. The van der Waals surface area contributed by atoms with E-state index < -0.39 is 0 Å². The first-order chi connectivity index (χ1) is 8.28. The molecule has 0 amide bonds. The second-order valence-corrected chi connectivity index (χ2v) is 4.61. The maximum atomic E-state index is 9.23. The van der Waals surface area contributed by atoms with Crippen LogP contribution in [0.1, 0.15) is 24.8 Å². The summed E-state index contributed by atoms with van der Waals surface area (Å²) in [5.41, 5.74) is 1.10. The van der Waals surface area contributed by atoms with Gasteiger partial charge in [-0.05, 0) is 12.8 Å². The molecular formula is C12H11N5. The molecule has 1 aliphatic carbocycles. The third-order valence-corrected chi connectivity index (χ3v) is 3.57. The molecule has 5 nitrogen and oxygen atoms in total. The molecular weight excluding hydrogens is 214 g/mol. The van der Waals surface area contributed by atoms with E-state index in [-0.39, 0.29) is 5.41 Å². The maximum absolute atomic E-state index is 9.23. The van der Waals surface area contributed by atoms with Crippen molar-refractivity contribution in [3.05, 3.63) is 24.2 Å². The molecule has 0 bridgehead atoms. The number of rotatable bonds is 2. The summed E-state index contributed by atoms with van der Waals surface area (Å²) >= 11 is 0. The lowest BCUT2D eigenvalue weighted by atomic mass is 9.70. The Bertz CT molecular complexity index is 645. The first kappa shape index (κ1) is 9.92. The van der Waals surface area contributed by atoms with Crippen molar-refractivity contribution in [3.8, 4) is 12.1 Å². The summed E-state index contributed by atoms with van der Waals surface area (Å²) in [4.78, 5) is 0. The van der Waals surface area contributed by atoms with Crippen LogP contribution in [0, 0.1) is 28.1 Å². The quantitative estimate of drug-likeness (QED) is 0.781. The van der Waals surface area contributed by atoms with E-state index in [0.717, 1.165) is 24.9 Å². The number of hydrogen-bond donors (Lipinski definition) is 0. The fraction of sp³-hybridized carbons (Fsp3) is 0.417. The van der Waals surface area contributed by atoms with Crippen molar-refractivity contribution in [3.63, 3.8) is 0 Å². The number of imidazole rings is 1. The molecule has 0 spiro atoms. The third-order valence-electron chi connectivity index (χ3n) is 3.57. The molecule has 17 heavy (non-hydrogen) atoms. The molecule has 1 aliphatic rings. The molecule has 1 fully saturated rings. The number of nitriles is 2. The van der Waals surface area contributed by atoms with Gasteiger partial charge in [0, 0.05) is 18.9 Å². The van der Waals surface area contributed by atoms with Gasteiger partial charge in [-0.3, -0.25) is 0 Å². The highest BCUT2D eigenvalue weighted by atomic mass is 15.3. The van der Waals surface area contributed by atoms with Crippen LogP contribution < -0.4 is 0 Å². The van der Waals surface area contributed by atoms with E-state index in [1.165, 1.54) is 0 Å². The van der Waals surface area contributed by atoms with Crippen LogP contribution in [0.15, 0.2) is 18.6 Å². The monoisotopic (exact) mass is 225 g/mol. The largest absolute Gasteiger partial charge is 0.329 e. The second-order valence-electron chi connectivity index (χ2n) is 4.61. The van der Waals surface area contributed by atoms with E-state index in [2.05, 4.69) is 17.2 Å². The second kappa shape index (κ2) is 3.36. The van der Waals surface area contributed by atoms with Crippen molar-refractivity contribution in [2.24, 2.45) is 5.41 Å². The Balaban J connectivity index is 2.04. The lowest BCUT2D eigenvalue weighted by Crippen LogP contribution is -2.32. The Morgan fingerprint density at radius 3 is 2.76 bits per heavy atom. The van der Waals surface area contributed by atoms with Crippen LogP contribution in [-0.4, -0.2) is 14.2 Å². The van der Waals surface area contributed by atoms with E-state index >= 15 is 0 Å². The molecule has 2 heterocycles. The van der Waals surface area contributed by atoms with E-state index in [4.69, 9.17) is 5.26 Å². The van der Waals surface area contributed by atoms with Gasteiger partial charge in [-0.1, -0.05) is 6.42 Å². The highest BCUT2D eigenvalue weighted by molar-refractivity contribution is 5.55. The molecule has 0 N–H and O–H groups in total. The normalized spacial score (nSPS) is 17.3. The van der Waals surface area contributed by atoms with Crippen molar-refractivity contribution >= 4 is 5.65 Å². The topological polar surface area (TPSA) is 69.8 Å². The molecule has 0 aromatic carbocycles. The predicted molar refractivity (Wildman–Crippen MR) is 59.8 cm³/mol. The van der Waals surface area contributed by atoms with Gasteiger partial charge < -0.3 is 4.57 Å². The van der Waals surface area contributed by atoms with Crippen LogP contribution >= 0.6 is 0 Å². The van der Waals surface area contributed by atoms with E-state index in [9.17, 15) is 5.26 Å². The average molecular weight is 225 g/mol. The summed E-state index contributed by atoms with van der Waals surface area (Å²) < 4.78 is 3.65. The summed E-state index contributed by atoms with van der Waals surface area (Å²) in [7, 11) is 0. The zero-order chi connectivity index (χ0) is 11.9. The molecule has 0 unspecified atom stereocenters. The fourth-order valence-electron chi connectivity index (χ4n) is 2.41. The van der Waals surface area contributed by atoms with Crippen molar-refractivity contribution in [1.29, 1.82) is 10.5 Å². The van der Waals surface area contributed by atoms with Crippen LogP contribution in [-0.2, 0) is 6.54 Å². The zero-order valence-electron chi connectivity index (χ0n) is 9.30. The maximum Gasteiger partial charge on any atom is 0.153 e. The predicted octanol–water partition coefficient (Wildman–Crippen LogP) is 1.70. The summed E-state index contributed by atoms with van der Waals surface area (Å²) in [6.45, 7) is 0.653. The average Bonchev–Trinajstić information content (AvgIpc) is 2.85. The van der Waals surface area contributed by atoms with Gasteiger partial charge in [0.25, 0.3) is 0 Å². The van der Waals surface area contributed by atoms with Crippen LogP contribution in [0.5, 0.6) is 0 Å². The van der Waals surface area contributed by atoms with Crippen LogP contribution in [0.2, 0.25) is 0 Å². The third kappa shape index (κ3) is 1.33. The number of aromatic nitrogens is 3. The van der Waals surface area contributed by atoms with Gasteiger partial charge in [0.1, 0.15) is 11.6 Å². The SMILES string of the molecule is N#Cc1cnn2ccn(CC3(C#N)CCC3)c12. The molecule has 0 saturated heterocycles. The smallest absolute Gasteiger partial charge is 0.153 e. The van der Waals surface area contributed by atoms with Crippen LogP contribution in [0.3, 0.4) is 0 Å². The van der Waals surface area contributed by atoms with Crippen molar-refractivity contribution in [1.82, 2.24) is 14.2 Å². The van der Waals surface area contributed by atoms with Crippen molar-refractivity contribution < 1.29 is 0 Å². The van der Waals surface area contributed by atoms with Gasteiger partial charge in [0.15, 0.2) is 5.65 Å². The Kier molecular flexibility index (Phi) is 1.96. The van der Waals surface area contributed by atoms with Crippen molar-refractivity contribution in [2.75, 3.05) is 0 Å². The Hall–Kier alpha value is -2.27. The fourth-order valence-corrected chi connectivity index (χ4v) is 2.41. The highest BCUT2D eigenvalue weighted by Gasteiger charge is 2.37. The molecule has 0 aliphatic heterocycles. The summed E-state index contributed by atoms with van der Waals surface area (Å²) in [5, 5.41) is 22.3. The molecule has 2 aromatic heterocycles. The summed E-state index contributed by atoms with van der Waals surface area (Å²) in [6.07, 6.45) is 8.29. The van der Waals surface area contributed by atoms with Crippen LogP contribution in [0.25, 0.3) is 5.65 Å². The highest BCUT2D eigenvalue weighted by Crippen LogP contribution is 2.42. The van der Waals surface area contributed by atoms with E-state index in [1.807, 2.05) is 17.0 Å². The van der Waals surface area contributed by atoms with Gasteiger partial charge in [0.05, 0.1) is 17.7 Å². The number of nitrogens with zero attached hydrogens (tertiary/aromatic N) is 5. The zero-order valence-corrected chi connectivity index (χ0v) is 9.30. The van der Waals surface area contributed by atoms with E-state index in [1.54, 1.807) is 10.7 Å². The molecule has 0 radical (unpaired) electrons. The molecule has 1 saturated carbocycles. The lowest BCUT2D eigenvalue weighted by molar-refractivity contribution is 0.184. The minimum Gasteiger partial charge on any atom is -0.329 e. The molecule has 2 aromatic rings.